The monoisotopic (exact) mass is 352 g/mol. The lowest BCUT2D eigenvalue weighted by Gasteiger charge is -2.07. The Balaban J connectivity index is 2.19. The average molecular weight is 353 g/mol. The number of amides is 1. The van der Waals surface area contributed by atoms with E-state index >= 15 is 0 Å². The third kappa shape index (κ3) is 3.40. The summed E-state index contributed by atoms with van der Waals surface area (Å²) in [5, 5.41) is 2.61. The quantitative estimate of drug-likeness (QED) is 0.831. The summed E-state index contributed by atoms with van der Waals surface area (Å²) in [4.78, 5) is 12.3. The highest BCUT2D eigenvalue weighted by Crippen LogP contribution is 2.17. The molecule has 0 radical (unpaired) electrons. The number of benzene rings is 2. The summed E-state index contributed by atoms with van der Waals surface area (Å²) < 4.78 is 14.2. The zero-order valence-electron chi connectivity index (χ0n) is 10.2. The van der Waals surface area contributed by atoms with E-state index in [0.29, 0.717) is 15.7 Å². The Morgan fingerprint density at radius 1 is 1.20 bits per heavy atom. The lowest BCUT2D eigenvalue weighted by atomic mass is 10.1. The van der Waals surface area contributed by atoms with Crippen molar-refractivity contribution in [2.75, 3.05) is 5.32 Å². The molecule has 0 unspecified atom stereocenters. The smallest absolute Gasteiger partial charge is 0.258 e. The topological polar surface area (TPSA) is 55.1 Å². The van der Waals surface area contributed by atoms with Crippen LogP contribution >= 0.6 is 28.1 Å². The Morgan fingerprint density at radius 2 is 1.85 bits per heavy atom. The van der Waals surface area contributed by atoms with Gasteiger partial charge in [-0.3, -0.25) is 4.79 Å². The fourth-order valence-corrected chi connectivity index (χ4v) is 2.08. The van der Waals surface area contributed by atoms with E-state index in [2.05, 4.69) is 21.2 Å². The Labute approximate surface area is 129 Å². The number of rotatable bonds is 3. The number of anilines is 1. The first-order valence-electron chi connectivity index (χ1n) is 5.63. The van der Waals surface area contributed by atoms with Gasteiger partial charge < -0.3 is 11.1 Å². The number of halogens is 2. The fourth-order valence-electron chi connectivity index (χ4n) is 1.59. The van der Waals surface area contributed by atoms with Crippen LogP contribution in [0.1, 0.15) is 15.9 Å². The fraction of sp³-hybridized carbons (Fsp3) is 0. The van der Waals surface area contributed by atoms with Crippen LogP contribution in [0.15, 0.2) is 46.9 Å². The van der Waals surface area contributed by atoms with E-state index in [4.69, 9.17) is 18.0 Å². The van der Waals surface area contributed by atoms with Gasteiger partial charge in [0.05, 0.1) is 5.56 Å². The van der Waals surface area contributed by atoms with Crippen molar-refractivity contribution in [2.45, 2.75) is 0 Å². The first-order valence-corrected chi connectivity index (χ1v) is 6.84. The number of hydrogen-bond donors (Lipinski definition) is 2. The van der Waals surface area contributed by atoms with Gasteiger partial charge >= 0.3 is 0 Å². The van der Waals surface area contributed by atoms with Crippen LogP contribution in [-0.4, -0.2) is 10.9 Å². The van der Waals surface area contributed by atoms with E-state index in [1.54, 1.807) is 24.3 Å². The molecule has 6 heteroatoms. The highest BCUT2D eigenvalue weighted by molar-refractivity contribution is 9.10. The van der Waals surface area contributed by atoms with Gasteiger partial charge in [-0.1, -0.05) is 28.1 Å². The number of thiocarbonyl (C=S) groups is 1. The summed E-state index contributed by atoms with van der Waals surface area (Å²) >= 11 is 8.04. The van der Waals surface area contributed by atoms with Gasteiger partial charge in [0.1, 0.15) is 10.8 Å². The molecule has 3 N–H and O–H groups in total. The molecule has 2 aromatic rings. The second kappa shape index (κ2) is 6.11. The molecule has 0 aromatic heterocycles. The van der Waals surface area contributed by atoms with Crippen LogP contribution in [0, 0.1) is 5.82 Å². The van der Waals surface area contributed by atoms with Gasteiger partial charge in [-0.25, -0.2) is 4.39 Å². The summed E-state index contributed by atoms with van der Waals surface area (Å²) in [6.07, 6.45) is 0. The average Bonchev–Trinajstić information content (AvgIpc) is 2.42. The summed E-state index contributed by atoms with van der Waals surface area (Å²) in [5.41, 5.74) is 6.69. The Hall–Kier alpha value is -1.79. The van der Waals surface area contributed by atoms with Gasteiger partial charge in [0.15, 0.2) is 0 Å². The summed E-state index contributed by atoms with van der Waals surface area (Å²) in [6, 6.07) is 10.9. The van der Waals surface area contributed by atoms with Gasteiger partial charge in [0, 0.05) is 15.7 Å². The molecule has 2 rings (SSSR count). The van der Waals surface area contributed by atoms with Crippen molar-refractivity contribution < 1.29 is 9.18 Å². The predicted octanol–water partition coefficient (Wildman–Crippen LogP) is 3.47. The van der Waals surface area contributed by atoms with E-state index in [1.165, 1.54) is 18.2 Å². The number of carbonyl (C=O) groups is 1. The van der Waals surface area contributed by atoms with Gasteiger partial charge in [-0.15, -0.1) is 0 Å². The molecule has 0 aliphatic carbocycles. The first kappa shape index (κ1) is 14.6. The number of carbonyl (C=O) groups excluding carboxylic acids is 1. The normalized spacial score (nSPS) is 10.1. The SMILES string of the molecule is NC(=S)c1ccc(NC(=O)c2cc(Br)ccc2F)cc1. The van der Waals surface area contributed by atoms with E-state index in [0.717, 1.165) is 0 Å². The third-order valence-corrected chi connectivity index (χ3v) is 3.33. The minimum atomic E-state index is -0.578. The standard InChI is InChI=1S/C14H10BrFN2OS/c15-9-3-6-12(16)11(7-9)14(19)18-10-4-1-8(2-5-10)13(17)20/h1-7H,(H2,17,20)(H,18,19). The number of hydrogen-bond acceptors (Lipinski definition) is 2. The highest BCUT2D eigenvalue weighted by Gasteiger charge is 2.12. The minimum Gasteiger partial charge on any atom is -0.389 e. The van der Waals surface area contributed by atoms with Crippen molar-refractivity contribution in [1.29, 1.82) is 0 Å². The molecular formula is C14H10BrFN2OS. The van der Waals surface area contributed by atoms with Gasteiger partial charge in [-0.05, 0) is 42.5 Å². The molecule has 0 saturated carbocycles. The van der Waals surface area contributed by atoms with Crippen LogP contribution in [0.25, 0.3) is 0 Å². The van der Waals surface area contributed by atoms with Crippen molar-refractivity contribution in [1.82, 2.24) is 0 Å². The number of nitrogens with one attached hydrogen (secondary N) is 1. The summed E-state index contributed by atoms with van der Waals surface area (Å²) in [5.74, 6) is -1.10. The van der Waals surface area contributed by atoms with Crippen molar-refractivity contribution in [3.8, 4) is 0 Å². The van der Waals surface area contributed by atoms with E-state index in [9.17, 15) is 9.18 Å². The maximum atomic E-state index is 13.6. The van der Waals surface area contributed by atoms with Crippen molar-refractivity contribution >= 4 is 44.7 Å². The van der Waals surface area contributed by atoms with Crippen LogP contribution in [-0.2, 0) is 0 Å². The molecule has 2 aromatic carbocycles. The van der Waals surface area contributed by atoms with Crippen LogP contribution < -0.4 is 11.1 Å². The molecule has 1 amide bonds. The zero-order chi connectivity index (χ0) is 14.7. The van der Waals surface area contributed by atoms with Gasteiger partial charge in [0.25, 0.3) is 5.91 Å². The molecule has 0 heterocycles. The molecule has 3 nitrogen and oxygen atoms in total. The third-order valence-electron chi connectivity index (χ3n) is 2.60. The molecule has 0 atom stereocenters. The lowest BCUT2D eigenvalue weighted by molar-refractivity contribution is 0.102. The highest BCUT2D eigenvalue weighted by atomic mass is 79.9. The summed E-state index contributed by atoms with van der Waals surface area (Å²) in [6.45, 7) is 0. The predicted molar refractivity (Wildman–Crippen MR) is 84.4 cm³/mol. The van der Waals surface area contributed by atoms with Crippen LogP contribution in [0.3, 0.4) is 0 Å². The first-order chi connectivity index (χ1) is 9.47. The minimum absolute atomic E-state index is 0.0298. The molecule has 0 bridgehead atoms. The zero-order valence-corrected chi connectivity index (χ0v) is 12.6. The van der Waals surface area contributed by atoms with E-state index in [-0.39, 0.29) is 10.6 Å². The molecule has 0 saturated heterocycles. The molecule has 0 aliphatic heterocycles. The molecular weight excluding hydrogens is 343 g/mol. The van der Waals surface area contributed by atoms with Crippen LogP contribution in [0.2, 0.25) is 0 Å². The van der Waals surface area contributed by atoms with E-state index < -0.39 is 11.7 Å². The molecule has 20 heavy (non-hydrogen) atoms. The Bertz CT molecular complexity index is 673. The summed E-state index contributed by atoms with van der Waals surface area (Å²) in [7, 11) is 0. The molecule has 0 aliphatic rings. The van der Waals surface area contributed by atoms with Crippen LogP contribution in [0.4, 0.5) is 10.1 Å². The van der Waals surface area contributed by atoms with Crippen LogP contribution in [0.5, 0.6) is 0 Å². The van der Waals surface area contributed by atoms with Gasteiger partial charge in [0.2, 0.25) is 0 Å². The second-order valence-corrected chi connectivity index (χ2v) is 5.38. The molecule has 0 spiro atoms. The molecule has 0 fully saturated rings. The van der Waals surface area contributed by atoms with E-state index in [1.807, 2.05) is 0 Å². The number of nitrogens with two attached hydrogens (primary N) is 1. The Kier molecular flexibility index (Phi) is 4.46. The second-order valence-electron chi connectivity index (χ2n) is 4.02. The van der Waals surface area contributed by atoms with Crippen molar-refractivity contribution in [2.24, 2.45) is 5.73 Å². The maximum absolute atomic E-state index is 13.6. The lowest BCUT2D eigenvalue weighted by Crippen LogP contribution is -2.14. The Morgan fingerprint density at radius 3 is 2.45 bits per heavy atom. The maximum Gasteiger partial charge on any atom is 0.258 e. The van der Waals surface area contributed by atoms with Crippen molar-refractivity contribution in [3.05, 3.63) is 63.9 Å². The molecule has 102 valence electrons. The van der Waals surface area contributed by atoms with Gasteiger partial charge in [-0.2, -0.15) is 0 Å². The largest absolute Gasteiger partial charge is 0.389 e. The van der Waals surface area contributed by atoms with Crippen molar-refractivity contribution in [3.63, 3.8) is 0 Å².